The molecule has 0 aromatic heterocycles. The van der Waals surface area contributed by atoms with Crippen molar-refractivity contribution in [3.05, 3.63) is 0 Å². The van der Waals surface area contributed by atoms with Gasteiger partial charge in [-0.1, -0.05) is 20.3 Å². The molecule has 3 nitrogen and oxygen atoms in total. The van der Waals surface area contributed by atoms with Crippen LogP contribution in [0.25, 0.3) is 0 Å². The molecule has 4 heteroatoms. The fourth-order valence-electron chi connectivity index (χ4n) is 2.29. The molecular formula is C12H25ClN2O. The second kappa shape index (κ2) is 7.13. The molecule has 1 heterocycles. The lowest BCUT2D eigenvalue weighted by atomic mass is 9.91. The van der Waals surface area contributed by atoms with E-state index in [4.69, 9.17) is 5.73 Å². The van der Waals surface area contributed by atoms with Gasteiger partial charge in [-0.25, -0.2) is 0 Å². The fraction of sp³-hybridized carbons (Fsp3) is 0.917. The van der Waals surface area contributed by atoms with Crippen molar-refractivity contribution in [2.75, 3.05) is 6.54 Å². The van der Waals surface area contributed by atoms with E-state index in [0.717, 1.165) is 25.8 Å². The van der Waals surface area contributed by atoms with Gasteiger partial charge in [0.25, 0.3) is 0 Å². The van der Waals surface area contributed by atoms with Crippen LogP contribution in [0.4, 0.5) is 0 Å². The lowest BCUT2D eigenvalue weighted by molar-refractivity contribution is -0.137. The summed E-state index contributed by atoms with van der Waals surface area (Å²) < 4.78 is 0. The zero-order valence-corrected chi connectivity index (χ0v) is 11.4. The average Bonchev–Trinajstić information content (AvgIpc) is 2.21. The van der Waals surface area contributed by atoms with Crippen molar-refractivity contribution in [2.45, 2.75) is 58.5 Å². The van der Waals surface area contributed by atoms with Crippen molar-refractivity contribution in [3.63, 3.8) is 0 Å². The third-order valence-corrected chi connectivity index (χ3v) is 3.57. The summed E-state index contributed by atoms with van der Waals surface area (Å²) in [5.74, 6) is 0.757. The summed E-state index contributed by atoms with van der Waals surface area (Å²) in [5, 5.41) is 0. The third-order valence-electron chi connectivity index (χ3n) is 3.57. The maximum atomic E-state index is 12.0. The molecule has 3 atom stereocenters. The summed E-state index contributed by atoms with van der Waals surface area (Å²) in [6.07, 6.45) is 4.13. The first-order chi connectivity index (χ1) is 7.07. The van der Waals surface area contributed by atoms with Crippen LogP contribution in [0.2, 0.25) is 0 Å². The minimum Gasteiger partial charge on any atom is -0.338 e. The highest BCUT2D eigenvalue weighted by atomic mass is 35.5. The van der Waals surface area contributed by atoms with Crippen molar-refractivity contribution < 1.29 is 4.79 Å². The number of piperidine rings is 1. The SMILES string of the molecule is CCCC(N)C(=O)N1CCCC(C)C1C.Cl. The van der Waals surface area contributed by atoms with Gasteiger partial charge >= 0.3 is 0 Å². The molecule has 96 valence electrons. The molecule has 2 N–H and O–H groups in total. The van der Waals surface area contributed by atoms with Crippen LogP contribution in [-0.4, -0.2) is 29.4 Å². The van der Waals surface area contributed by atoms with Gasteiger partial charge in [-0.2, -0.15) is 0 Å². The molecule has 0 bridgehead atoms. The van der Waals surface area contributed by atoms with Gasteiger partial charge in [-0.3, -0.25) is 4.79 Å². The van der Waals surface area contributed by atoms with Crippen LogP contribution in [0.15, 0.2) is 0 Å². The standard InChI is InChI=1S/C12H24N2O.ClH/c1-4-6-11(13)12(15)14-8-5-7-9(2)10(14)3;/h9-11H,4-8,13H2,1-3H3;1H. The van der Waals surface area contributed by atoms with Gasteiger partial charge in [0.15, 0.2) is 0 Å². The van der Waals surface area contributed by atoms with Gasteiger partial charge in [0.05, 0.1) is 6.04 Å². The minimum absolute atomic E-state index is 0. The van der Waals surface area contributed by atoms with Gasteiger partial charge in [0.1, 0.15) is 0 Å². The quantitative estimate of drug-likeness (QED) is 0.832. The zero-order valence-electron chi connectivity index (χ0n) is 10.6. The first kappa shape index (κ1) is 15.7. The second-order valence-corrected chi connectivity index (χ2v) is 4.79. The molecule has 0 saturated carbocycles. The van der Waals surface area contributed by atoms with Gasteiger partial charge in [-0.15, -0.1) is 12.4 Å². The summed E-state index contributed by atoms with van der Waals surface area (Å²) in [6.45, 7) is 7.31. The summed E-state index contributed by atoms with van der Waals surface area (Å²) in [6, 6.07) is 0.0666. The Morgan fingerprint density at radius 2 is 2.12 bits per heavy atom. The van der Waals surface area contributed by atoms with E-state index in [9.17, 15) is 4.79 Å². The summed E-state index contributed by atoms with van der Waals surface area (Å²) in [7, 11) is 0. The van der Waals surface area contributed by atoms with Gasteiger partial charge in [-0.05, 0) is 32.1 Å². The van der Waals surface area contributed by atoms with Gasteiger partial charge in [0.2, 0.25) is 5.91 Å². The van der Waals surface area contributed by atoms with Crippen LogP contribution in [0.1, 0.15) is 46.5 Å². The van der Waals surface area contributed by atoms with Crippen molar-refractivity contribution >= 4 is 18.3 Å². The van der Waals surface area contributed by atoms with Crippen LogP contribution < -0.4 is 5.73 Å². The molecule has 1 rings (SSSR count). The molecule has 3 unspecified atom stereocenters. The number of halogens is 1. The molecule has 0 spiro atoms. The maximum Gasteiger partial charge on any atom is 0.239 e. The monoisotopic (exact) mass is 248 g/mol. The maximum absolute atomic E-state index is 12.0. The molecule has 1 aliphatic rings. The predicted molar refractivity (Wildman–Crippen MR) is 69.7 cm³/mol. The molecule has 1 fully saturated rings. The van der Waals surface area contributed by atoms with Crippen molar-refractivity contribution in [3.8, 4) is 0 Å². The Balaban J connectivity index is 0.00000225. The zero-order chi connectivity index (χ0) is 11.4. The van der Waals surface area contributed by atoms with E-state index >= 15 is 0 Å². The third kappa shape index (κ3) is 3.63. The number of amides is 1. The number of nitrogens with two attached hydrogens (primary N) is 1. The van der Waals surface area contributed by atoms with E-state index in [2.05, 4.69) is 20.8 Å². The smallest absolute Gasteiger partial charge is 0.239 e. The Bertz CT molecular complexity index is 223. The van der Waals surface area contributed by atoms with Crippen molar-refractivity contribution in [1.82, 2.24) is 4.90 Å². The first-order valence-corrected chi connectivity index (χ1v) is 6.14. The summed E-state index contributed by atoms with van der Waals surface area (Å²) in [4.78, 5) is 14.0. The first-order valence-electron chi connectivity index (χ1n) is 6.14. The molecule has 0 aromatic rings. The predicted octanol–water partition coefficient (Wildman–Crippen LogP) is 2.18. The number of rotatable bonds is 3. The van der Waals surface area contributed by atoms with Crippen molar-refractivity contribution in [2.24, 2.45) is 11.7 Å². The van der Waals surface area contributed by atoms with Crippen LogP contribution in [0.3, 0.4) is 0 Å². The highest BCUT2D eigenvalue weighted by molar-refractivity contribution is 5.85. The summed E-state index contributed by atoms with van der Waals surface area (Å²) in [5.41, 5.74) is 5.88. The Hall–Kier alpha value is -0.280. The van der Waals surface area contributed by atoms with Crippen LogP contribution in [0.5, 0.6) is 0 Å². The topological polar surface area (TPSA) is 46.3 Å². The minimum atomic E-state index is -0.289. The molecule has 1 aliphatic heterocycles. The molecule has 0 aliphatic carbocycles. The summed E-state index contributed by atoms with van der Waals surface area (Å²) >= 11 is 0. The van der Waals surface area contributed by atoms with Gasteiger partial charge in [0, 0.05) is 12.6 Å². The molecular weight excluding hydrogens is 224 g/mol. The van der Waals surface area contributed by atoms with E-state index in [-0.39, 0.29) is 24.4 Å². The molecule has 16 heavy (non-hydrogen) atoms. The van der Waals surface area contributed by atoms with Crippen LogP contribution >= 0.6 is 12.4 Å². The normalized spacial score (nSPS) is 27.1. The molecule has 0 radical (unpaired) electrons. The molecule has 1 amide bonds. The Labute approximate surface area is 105 Å². The number of carbonyl (C=O) groups is 1. The van der Waals surface area contributed by atoms with E-state index in [0.29, 0.717) is 12.0 Å². The van der Waals surface area contributed by atoms with Gasteiger partial charge < -0.3 is 10.6 Å². The molecule has 0 aromatic carbocycles. The van der Waals surface area contributed by atoms with E-state index in [1.54, 1.807) is 0 Å². The Kier molecular flexibility index (Phi) is 7.00. The molecule has 1 saturated heterocycles. The van der Waals surface area contributed by atoms with E-state index in [1.807, 2.05) is 4.90 Å². The Morgan fingerprint density at radius 3 is 2.69 bits per heavy atom. The number of carbonyl (C=O) groups excluding carboxylic acids is 1. The number of hydrogen-bond acceptors (Lipinski definition) is 2. The number of nitrogens with zero attached hydrogens (tertiary/aromatic N) is 1. The van der Waals surface area contributed by atoms with E-state index in [1.165, 1.54) is 6.42 Å². The van der Waals surface area contributed by atoms with E-state index < -0.39 is 0 Å². The van der Waals surface area contributed by atoms with Crippen LogP contribution in [-0.2, 0) is 4.79 Å². The largest absolute Gasteiger partial charge is 0.338 e. The lowest BCUT2D eigenvalue weighted by Gasteiger charge is -2.39. The van der Waals surface area contributed by atoms with Crippen molar-refractivity contribution in [1.29, 1.82) is 0 Å². The Morgan fingerprint density at radius 1 is 1.50 bits per heavy atom. The number of likely N-dealkylation sites (tertiary alicyclic amines) is 1. The second-order valence-electron chi connectivity index (χ2n) is 4.79. The number of hydrogen-bond donors (Lipinski definition) is 1. The highest BCUT2D eigenvalue weighted by Crippen LogP contribution is 2.23. The average molecular weight is 249 g/mol. The lowest BCUT2D eigenvalue weighted by Crippen LogP contribution is -2.52. The fourth-order valence-corrected chi connectivity index (χ4v) is 2.29. The van der Waals surface area contributed by atoms with Crippen LogP contribution in [0, 0.1) is 5.92 Å². The highest BCUT2D eigenvalue weighted by Gasteiger charge is 2.30.